The van der Waals surface area contributed by atoms with E-state index in [2.05, 4.69) is 37.5 Å². The van der Waals surface area contributed by atoms with E-state index in [1.54, 1.807) is 0 Å². The molecule has 2 aliphatic heterocycles. The Bertz CT molecular complexity index is 798. The molecule has 0 bridgehead atoms. The van der Waals surface area contributed by atoms with Crippen LogP contribution in [0.2, 0.25) is 5.02 Å². The monoisotopic (exact) mass is 502 g/mol. The van der Waals surface area contributed by atoms with Crippen molar-refractivity contribution in [2.45, 2.75) is 12.1 Å². The molecule has 1 atom stereocenters. The first-order valence-corrected chi connectivity index (χ1v) is 10.0. The van der Waals surface area contributed by atoms with Gasteiger partial charge in [-0.05, 0) is 54.6 Å². The van der Waals surface area contributed by atoms with E-state index in [9.17, 15) is 5.11 Å². The van der Waals surface area contributed by atoms with Gasteiger partial charge in [0.2, 0.25) is 0 Å². The first-order valence-electron chi connectivity index (χ1n) is 7.87. The van der Waals surface area contributed by atoms with Gasteiger partial charge in [0.15, 0.2) is 6.54 Å². The molecule has 1 unspecified atom stereocenters. The molecule has 3 nitrogen and oxygen atoms in total. The Kier molecular flexibility index (Phi) is 5.85. The number of benzene rings is 2. The van der Waals surface area contributed by atoms with Crippen molar-refractivity contribution in [1.82, 2.24) is 0 Å². The summed E-state index contributed by atoms with van der Waals surface area (Å²) < 4.78 is 3.18. The zero-order valence-corrected chi connectivity index (χ0v) is 18.1. The first kappa shape index (κ1) is 19.2. The van der Waals surface area contributed by atoms with Crippen LogP contribution in [0, 0.1) is 0 Å². The summed E-state index contributed by atoms with van der Waals surface area (Å²) in [4.78, 5) is 2.21. The van der Waals surface area contributed by atoms with E-state index < -0.39 is 5.72 Å². The van der Waals surface area contributed by atoms with Gasteiger partial charge in [0.05, 0.1) is 6.54 Å². The molecule has 0 fully saturated rings. The lowest BCUT2D eigenvalue weighted by Crippen LogP contribution is -3.00. The lowest BCUT2D eigenvalue weighted by Gasteiger charge is -2.24. The number of halogens is 3. The molecule has 0 aromatic heterocycles. The maximum Gasteiger partial charge on any atom is 0.316 e. The molecule has 0 amide bonds. The van der Waals surface area contributed by atoms with Gasteiger partial charge in [0.25, 0.3) is 5.72 Å². The molecular weight excluding hydrogens is 488 g/mol. The van der Waals surface area contributed by atoms with Crippen molar-refractivity contribution in [3.05, 3.63) is 63.6 Å². The standard InChI is InChI=1S/C18H17BrClN2OS.BrH/c19-14-4-8-16(9-5-14)21-12-18(23,13-2-6-15(20)7-3-13)22-10-1-11-24-17(21)22;/h2-9,23H,1,10-12H2;1H/q+1;/p-1. The average molecular weight is 505 g/mol. The minimum Gasteiger partial charge on any atom is -1.00 e. The lowest BCUT2D eigenvalue weighted by molar-refractivity contribution is -0.656. The Labute approximate surface area is 175 Å². The fourth-order valence-electron chi connectivity index (χ4n) is 3.29. The van der Waals surface area contributed by atoms with E-state index in [0.29, 0.717) is 11.6 Å². The van der Waals surface area contributed by atoms with E-state index in [-0.39, 0.29) is 17.0 Å². The van der Waals surface area contributed by atoms with E-state index in [1.165, 1.54) is 0 Å². The summed E-state index contributed by atoms with van der Waals surface area (Å²) in [6.45, 7) is 1.37. The van der Waals surface area contributed by atoms with Crippen molar-refractivity contribution in [3.8, 4) is 0 Å². The fourth-order valence-corrected chi connectivity index (χ4v) is 4.86. The Hall–Kier alpha value is -0.530. The smallest absolute Gasteiger partial charge is 0.316 e. The summed E-state index contributed by atoms with van der Waals surface area (Å²) in [7, 11) is 0. The molecule has 132 valence electrons. The molecule has 4 rings (SSSR count). The summed E-state index contributed by atoms with van der Waals surface area (Å²) in [5, 5.41) is 13.3. The minimum atomic E-state index is -1.03. The minimum absolute atomic E-state index is 0. The summed E-state index contributed by atoms with van der Waals surface area (Å²) in [5.41, 5.74) is 0.949. The second kappa shape index (κ2) is 7.61. The van der Waals surface area contributed by atoms with Gasteiger partial charge in [-0.1, -0.05) is 39.7 Å². The zero-order valence-electron chi connectivity index (χ0n) is 13.3. The SMILES string of the molecule is OC1(c2ccc(Cl)cc2)CN(c2ccc(Br)cc2)C2=[N+]1CCCS2.[Br-]. The zero-order chi connectivity index (χ0) is 16.7. The fraction of sp³-hybridized carbons (Fsp3) is 0.278. The molecule has 0 spiro atoms. The van der Waals surface area contributed by atoms with Crippen LogP contribution in [-0.4, -0.2) is 33.7 Å². The molecule has 2 heterocycles. The normalized spacial score (nSPS) is 22.6. The lowest BCUT2D eigenvalue weighted by atomic mass is 10.0. The second-order valence-electron chi connectivity index (χ2n) is 6.02. The molecule has 0 aliphatic carbocycles. The van der Waals surface area contributed by atoms with Crippen LogP contribution in [0.25, 0.3) is 0 Å². The molecule has 25 heavy (non-hydrogen) atoms. The summed E-state index contributed by atoms with van der Waals surface area (Å²) >= 11 is 11.3. The van der Waals surface area contributed by atoms with Crippen molar-refractivity contribution < 1.29 is 26.7 Å². The van der Waals surface area contributed by atoms with Gasteiger partial charge in [-0.2, -0.15) is 0 Å². The Morgan fingerprint density at radius 3 is 2.48 bits per heavy atom. The van der Waals surface area contributed by atoms with Gasteiger partial charge < -0.3 is 22.1 Å². The number of anilines is 1. The van der Waals surface area contributed by atoms with E-state index in [0.717, 1.165) is 39.6 Å². The highest BCUT2D eigenvalue weighted by atomic mass is 79.9. The molecule has 0 saturated heterocycles. The van der Waals surface area contributed by atoms with Crippen molar-refractivity contribution in [1.29, 1.82) is 0 Å². The number of β-amino-alcohol motifs (C(OH)–C–C–N with tert-alkyl or cyclic N) is 1. The Morgan fingerprint density at radius 2 is 1.80 bits per heavy atom. The van der Waals surface area contributed by atoms with Gasteiger partial charge in [-0.15, -0.1) is 0 Å². The molecule has 7 heteroatoms. The maximum atomic E-state index is 11.5. The van der Waals surface area contributed by atoms with Crippen LogP contribution in [0.15, 0.2) is 53.0 Å². The highest BCUT2D eigenvalue weighted by Gasteiger charge is 2.53. The van der Waals surface area contributed by atoms with Crippen LogP contribution in [-0.2, 0) is 5.72 Å². The van der Waals surface area contributed by atoms with Gasteiger partial charge in [-0.25, -0.2) is 9.48 Å². The van der Waals surface area contributed by atoms with Gasteiger partial charge in [0.1, 0.15) is 5.69 Å². The number of amidine groups is 1. The third kappa shape index (κ3) is 3.52. The third-order valence-electron chi connectivity index (χ3n) is 4.49. The Balaban J connectivity index is 0.00000182. The highest BCUT2D eigenvalue weighted by molar-refractivity contribution is 9.10. The van der Waals surface area contributed by atoms with Crippen LogP contribution in [0.4, 0.5) is 5.69 Å². The predicted molar refractivity (Wildman–Crippen MR) is 104 cm³/mol. The number of thioether (sulfide) groups is 1. The van der Waals surface area contributed by atoms with Gasteiger partial charge in [-0.3, -0.25) is 0 Å². The first-order chi connectivity index (χ1) is 11.6. The molecule has 0 saturated carbocycles. The number of aliphatic hydroxyl groups is 1. The van der Waals surface area contributed by atoms with Crippen molar-refractivity contribution in [2.75, 3.05) is 23.7 Å². The summed E-state index contributed by atoms with van der Waals surface area (Å²) in [6, 6.07) is 15.8. The van der Waals surface area contributed by atoms with Crippen LogP contribution in [0.5, 0.6) is 0 Å². The van der Waals surface area contributed by atoms with E-state index >= 15 is 0 Å². The van der Waals surface area contributed by atoms with Crippen molar-refractivity contribution in [2.24, 2.45) is 0 Å². The molecule has 2 aromatic carbocycles. The predicted octanol–water partition coefficient (Wildman–Crippen LogP) is 1.28. The van der Waals surface area contributed by atoms with Crippen LogP contribution >= 0.6 is 39.3 Å². The molecule has 2 aliphatic rings. The van der Waals surface area contributed by atoms with Crippen molar-refractivity contribution in [3.63, 3.8) is 0 Å². The largest absolute Gasteiger partial charge is 1.00 e. The Morgan fingerprint density at radius 1 is 1.12 bits per heavy atom. The number of hydrogen-bond acceptors (Lipinski definition) is 3. The second-order valence-corrected chi connectivity index (χ2v) is 8.44. The summed E-state index contributed by atoms with van der Waals surface area (Å²) in [6.07, 6.45) is 1.07. The summed E-state index contributed by atoms with van der Waals surface area (Å²) in [5.74, 6) is 1.08. The quantitative estimate of drug-likeness (QED) is 0.625. The van der Waals surface area contributed by atoms with Gasteiger partial charge in [0, 0.05) is 20.8 Å². The van der Waals surface area contributed by atoms with Crippen LogP contribution < -0.4 is 21.9 Å². The number of hydrogen-bond donors (Lipinski definition) is 1. The maximum absolute atomic E-state index is 11.5. The average Bonchev–Trinajstić information content (AvgIpc) is 2.91. The number of rotatable bonds is 2. The van der Waals surface area contributed by atoms with Gasteiger partial charge >= 0.3 is 5.17 Å². The number of nitrogens with zero attached hydrogens (tertiary/aromatic N) is 2. The van der Waals surface area contributed by atoms with E-state index in [4.69, 9.17) is 11.6 Å². The highest BCUT2D eigenvalue weighted by Crippen LogP contribution is 2.38. The molecule has 2 aromatic rings. The van der Waals surface area contributed by atoms with E-state index in [1.807, 2.05) is 48.2 Å². The third-order valence-corrected chi connectivity index (χ3v) is 6.46. The molecule has 1 N–H and O–H groups in total. The van der Waals surface area contributed by atoms with Crippen molar-refractivity contribution >= 4 is 50.1 Å². The molecular formula is C18H17Br2ClN2OS. The molecule has 0 radical (unpaired) electrons. The van der Waals surface area contributed by atoms with Crippen LogP contribution in [0.3, 0.4) is 0 Å². The van der Waals surface area contributed by atoms with Crippen LogP contribution in [0.1, 0.15) is 12.0 Å². The topological polar surface area (TPSA) is 26.5 Å².